The molecule has 1 saturated carbocycles. The lowest BCUT2D eigenvalue weighted by molar-refractivity contribution is 0.0745. The van der Waals surface area contributed by atoms with Crippen molar-refractivity contribution in [3.8, 4) is 0 Å². The molecular weight excluding hydrogens is 212 g/mol. The zero-order valence-corrected chi connectivity index (χ0v) is 10.6. The Bertz CT molecular complexity index is 404. The van der Waals surface area contributed by atoms with Gasteiger partial charge in [0.05, 0.1) is 0 Å². The first kappa shape index (κ1) is 12.0. The summed E-state index contributed by atoms with van der Waals surface area (Å²) in [5.41, 5.74) is 8.15. The summed E-state index contributed by atoms with van der Waals surface area (Å²) >= 11 is 0. The largest absolute Gasteiger partial charge is 0.399 e. The summed E-state index contributed by atoms with van der Waals surface area (Å²) in [6, 6.07) is 5.53. The van der Waals surface area contributed by atoms with Gasteiger partial charge >= 0.3 is 0 Å². The summed E-state index contributed by atoms with van der Waals surface area (Å²) < 4.78 is 0. The van der Waals surface area contributed by atoms with Crippen molar-refractivity contribution in [2.75, 3.05) is 19.3 Å². The third kappa shape index (κ3) is 2.78. The van der Waals surface area contributed by atoms with Crippen LogP contribution in [0.15, 0.2) is 18.2 Å². The molecule has 1 aromatic carbocycles. The molecule has 2 N–H and O–H groups in total. The molecule has 3 nitrogen and oxygen atoms in total. The van der Waals surface area contributed by atoms with Gasteiger partial charge in [0.1, 0.15) is 0 Å². The molecule has 3 heteroatoms. The number of benzene rings is 1. The monoisotopic (exact) mass is 232 g/mol. The topological polar surface area (TPSA) is 46.3 Å². The summed E-state index contributed by atoms with van der Waals surface area (Å²) in [7, 11) is 1.87. The van der Waals surface area contributed by atoms with E-state index in [-0.39, 0.29) is 5.91 Å². The Morgan fingerprint density at radius 2 is 2.12 bits per heavy atom. The zero-order valence-electron chi connectivity index (χ0n) is 10.6. The van der Waals surface area contributed by atoms with Gasteiger partial charge in [-0.2, -0.15) is 0 Å². The van der Waals surface area contributed by atoms with Crippen molar-refractivity contribution in [2.24, 2.45) is 5.92 Å². The van der Waals surface area contributed by atoms with Gasteiger partial charge in [-0.25, -0.2) is 0 Å². The molecule has 17 heavy (non-hydrogen) atoms. The second kappa shape index (κ2) is 4.78. The highest BCUT2D eigenvalue weighted by molar-refractivity contribution is 5.95. The van der Waals surface area contributed by atoms with Crippen LogP contribution in [0, 0.1) is 12.8 Å². The summed E-state index contributed by atoms with van der Waals surface area (Å²) in [5, 5.41) is 0. The number of aryl methyl sites for hydroxylation is 1. The van der Waals surface area contributed by atoms with E-state index in [0.717, 1.165) is 12.1 Å². The molecule has 0 radical (unpaired) electrons. The van der Waals surface area contributed by atoms with E-state index in [1.807, 2.05) is 31.0 Å². The maximum Gasteiger partial charge on any atom is 0.253 e. The predicted octanol–water partition coefficient (Wildman–Crippen LogP) is 2.45. The Balaban J connectivity index is 2.06. The number of rotatable bonds is 3. The quantitative estimate of drug-likeness (QED) is 0.814. The van der Waals surface area contributed by atoms with Crippen molar-refractivity contribution >= 4 is 11.6 Å². The van der Waals surface area contributed by atoms with Crippen LogP contribution in [0.1, 0.15) is 35.2 Å². The standard InChI is InChI=1S/C14H20N2O/c1-10-6-12(8-13(15)7-10)14(17)16(2)9-11-4-3-5-11/h6-8,11H,3-5,9,15H2,1-2H3. The second-order valence-corrected chi connectivity index (χ2v) is 5.11. The van der Waals surface area contributed by atoms with E-state index >= 15 is 0 Å². The van der Waals surface area contributed by atoms with E-state index < -0.39 is 0 Å². The van der Waals surface area contributed by atoms with Gasteiger partial charge in [-0.1, -0.05) is 6.42 Å². The number of nitrogens with two attached hydrogens (primary N) is 1. The highest BCUT2D eigenvalue weighted by Gasteiger charge is 2.22. The second-order valence-electron chi connectivity index (χ2n) is 5.11. The number of amides is 1. The van der Waals surface area contributed by atoms with Crippen LogP contribution in [0.25, 0.3) is 0 Å². The number of hydrogen-bond donors (Lipinski definition) is 1. The highest BCUT2D eigenvalue weighted by Crippen LogP contribution is 2.27. The van der Waals surface area contributed by atoms with Gasteiger partial charge in [-0.05, 0) is 49.4 Å². The summed E-state index contributed by atoms with van der Waals surface area (Å²) in [4.78, 5) is 14.0. The molecule has 1 aliphatic carbocycles. The molecule has 2 rings (SSSR count). The molecule has 0 atom stereocenters. The first-order chi connectivity index (χ1) is 8.06. The number of hydrogen-bond acceptors (Lipinski definition) is 2. The zero-order chi connectivity index (χ0) is 12.4. The lowest BCUT2D eigenvalue weighted by atomic mass is 9.85. The molecule has 1 amide bonds. The fourth-order valence-corrected chi connectivity index (χ4v) is 2.30. The number of nitrogens with zero attached hydrogens (tertiary/aromatic N) is 1. The Morgan fingerprint density at radius 3 is 2.65 bits per heavy atom. The number of anilines is 1. The van der Waals surface area contributed by atoms with Crippen LogP contribution < -0.4 is 5.73 Å². The lowest BCUT2D eigenvalue weighted by Crippen LogP contribution is -2.34. The fourth-order valence-electron chi connectivity index (χ4n) is 2.30. The van der Waals surface area contributed by atoms with Gasteiger partial charge < -0.3 is 10.6 Å². The Kier molecular flexibility index (Phi) is 3.36. The maximum absolute atomic E-state index is 12.2. The van der Waals surface area contributed by atoms with E-state index in [2.05, 4.69) is 0 Å². The molecule has 0 aromatic heterocycles. The summed E-state index contributed by atoms with van der Waals surface area (Å²) in [5.74, 6) is 0.776. The molecule has 92 valence electrons. The minimum absolute atomic E-state index is 0.0762. The van der Waals surface area contributed by atoms with Gasteiger partial charge in [-0.15, -0.1) is 0 Å². The Hall–Kier alpha value is -1.51. The van der Waals surface area contributed by atoms with Crippen LogP contribution in [-0.2, 0) is 0 Å². The number of nitrogen functional groups attached to an aromatic ring is 1. The molecule has 1 aromatic rings. The average molecular weight is 232 g/mol. The van der Waals surface area contributed by atoms with E-state index in [0.29, 0.717) is 17.2 Å². The smallest absolute Gasteiger partial charge is 0.253 e. The van der Waals surface area contributed by atoms with Crippen LogP contribution in [-0.4, -0.2) is 24.4 Å². The molecule has 1 fully saturated rings. The molecule has 0 unspecified atom stereocenters. The van der Waals surface area contributed by atoms with Crippen LogP contribution in [0.3, 0.4) is 0 Å². The van der Waals surface area contributed by atoms with E-state index in [9.17, 15) is 4.79 Å². The molecule has 0 heterocycles. The normalized spacial score (nSPS) is 15.4. The summed E-state index contributed by atoms with van der Waals surface area (Å²) in [6.07, 6.45) is 3.82. The highest BCUT2D eigenvalue weighted by atomic mass is 16.2. The third-order valence-corrected chi connectivity index (χ3v) is 3.45. The molecule has 0 bridgehead atoms. The van der Waals surface area contributed by atoms with E-state index in [4.69, 9.17) is 5.73 Å². The van der Waals surface area contributed by atoms with Gasteiger partial charge in [0.2, 0.25) is 0 Å². The molecular formula is C14H20N2O. The molecule has 1 aliphatic rings. The SMILES string of the molecule is Cc1cc(N)cc(C(=O)N(C)CC2CCC2)c1. The van der Waals surface area contributed by atoms with Gasteiger partial charge in [0.15, 0.2) is 0 Å². The van der Waals surface area contributed by atoms with E-state index in [1.54, 1.807) is 6.07 Å². The van der Waals surface area contributed by atoms with Crippen molar-refractivity contribution < 1.29 is 4.79 Å². The van der Waals surface area contributed by atoms with Crippen LogP contribution in [0.2, 0.25) is 0 Å². The molecule has 0 spiro atoms. The molecule has 0 saturated heterocycles. The Labute approximate surface area is 103 Å². The van der Waals surface area contributed by atoms with Gasteiger partial charge in [0.25, 0.3) is 5.91 Å². The third-order valence-electron chi connectivity index (χ3n) is 3.45. The summed E-state index contributed by atoms with van der Waals surface area (Å²) in [6.45, 7) is 2.83. The fraction of sp³-hybridized carbons (Fsp3) is 0.500. The first-order valence-electron chi connectivity index (χ1n) is 6.19. The van der Waals surface area contributed by atoms with Crippen LogP contribution in [0.5, 0.6) is 0 Å². The lowest BCUT2D eigenvalue weighted by Gasteiger charge is -2.30. The van der Waals surface area contributed by atoms with Gasteiger partial charge in [0, 0.05) is 24.8 Å². The van der Waals surface area contributed by atoms with Gasteiger partial charge in [-0.3, -0.25) is 4.79 Å². The van der Waals surface area contributed by atoms with Crippen molar-refractivity contribution in [1.29, 1.82) is 0 Å². The van der Waals surface area contributed by atoms with Crippen molar-refractivity contribution in [3.63, 3.8) is 0 Å². The van der Waals surface area contributed by atoms with E-state index in [1.165, 1.54) is 19.3 Å². The number of carbonyl (C=O) groups excluding carboxylic acids is 1. The first-order valence-corrected chi connectivity index (χ1v) is 6.19. The van der Waals surface area contributed by atoms with Crippen molar-refractivity contribution in [3.05, 3.63) is 29.3 Å². The number of carbonyl (C=O) groups is 1. The average Bonchev–Trinajstić information content (AvgIpc) is 2.20. The predicted molar refractivity (Wildman–Crippen MR) is 69.9 cm³/mol. The maximum atomic E-state index is 12.2. The minimum Gasteiger partial charge on any atom is -0.399 e. The van der Waals surface area contributed by atoms with Crippen LogP contribution >= 0.6 is 0 Å². The minimum atomic E-state index is 0.0762. The molecule has 0 aliphatic heterocycles. The van der Waals surface area contributed by atoms with Crippen molar-refractivity contribution in [2.45, 2.75) is 26.2 Å². The van der Waals surface area contributed by atoms with Crippen LogP contribution in [0.4, 0.5) is 5.69 Å². The van der Waals surface area contributed by atoms with Crippen molar-refractivity contribution in [1.82, 2.24) is 4.90 Å². The Morgan fingerprint density at radius 1 is 1.41 bits per heavy atom.